The van der Waals surface area contributed by atoms with Gasteiger partial charge in [-0.15, -0.1) is 0 Å². The highest BCUT2D eigenvalue weighted by atomic mass is 16.5. The number of benzene rings is 1. The van der Waals surface area contributed by atoms with Crippen LogP contribution < -0.4 is 0 Å². The maximum absolute atomic E-state index is 11.7. The van der Waals surface area contributed by atoms with Gasteiger partial charge in [-0.1, -0.05) is 12.1 Å². The summed E-state index contributed by atoms with van der Waals surface area (Å²) >= 11 is 0. The van der Waals surface area contributed by atoms with Crippen molar-refractivity contribution >= 4 is 5.97 Å². The lowest BCUT2D eigenvalue weighted by Gasteiger charge is -2.18. The maximum atomic E-state index is 11.7. The number of aryl methyl sites for hydroxylation is 1. The highest BCUT2D eigenvalue weighted by molar-refractivity contribution is 5.69. The first kappa shape index (κ1) is 13.9. The van der Waals surface area contributed by atoms with Crippen LogP contribution in [0.4, 0.5) is 0 Å². The van der Waals surface area contributed by atoms with E-state index in [2.05, 4.69) is 11.9 Å². The molecule has 104 valence electrons. The van der Waals surface area contributed by atoms with Gasteiger partial charge in [-0.25, -0.2) is 0 Å². The van der Waals surface area contributed by atoms with E-state index >= 15 is 0 Å². The van der Waals surface area contributed by atoms with Crippen molar-refractivity contribution in [1.82, 2.24) is 4.90 Å². The first-order valence-electron chi connectivity index (χ1n) is 6.79. The lowest BCUT2D eigenvalue weighted by atomic mass is 10.1. The summed E-state index contributed by atoms with van der Waals surface area (Å²) in [6.45, 7) is 1.60. The van der Waals surface area contributed by atoms with Crippen LogP contribution in [0.2, 0.25) is 0 Å². The molecule has 4 nitrogen and oxygen atoms in total. The van der Waals surface area contributed by atoms with Crippen LogP contribution in [0.3, 0.4) is 0 Å². The Kier molecular flexibility index (Phi) is 4.80. The van der Waals surface area contributed by atoms with Crippen molar-refractivity contribution in [3.8, 4) is 5.75 Å². The van der Waals surface area contributed by atoms with E-state index in [1.165, 1.54) is 6.42 Å². The minimum Gasteiger partial charge on any atom is -0.508 e. The third kappa shape index (κ3) is 4.24. The molecule has 1 fully saturated rings. The smallest absolute Gasteiger partial charge is 0.306 e. The Morgan fingerprint density at radius 2 is 2.16 bits per heavy atom. The van der Waals surface area contributed by atoms with Crippen LogP contribution in [0.25, 0.3) is 0 Å². The fourth-order valence-electron chi connectivity index (χ4n) is 2.36. The Morgan fingerprint density at radius 3 is 2.79 bits per heavy atom. The molecule has 0 spiro atoms. The van der Waals surface area contributed by atoms with Crippen LogP contribution in [0.5, 0.6) is 5.75 Å². The second kappa shape index (κ2) is 6.57. The molecular formula is C15H21NO3. The number of esters is 1. The van der Waals surface area contributed by atoms with Crippen molar-refractivity contribution in [3.05, 3.63) is 29.8 Å². The summed E-state index contributed by atoms with van der Waals surface area (Å²) < 4.78 is 5.31. The molecule has 0 bridgehead atoms. The van der Waals surface area contributed by atoms with Gasteiger partial charge in [0.25, 0.3) is 0 Å². The lowest BCUT2D eigenvalue weighted by molar-refractivity contribution is -0.145. The number of likely N-dealkylation sites (tertiary alicyclic amines) is 1. The van der Waals surface area contributed by atoms with Gasteiger partial charge in [0, 0.05) is 12.5 Å². The molecule has 2 rings (SSSR count). The molecule has 1 aliphatic heterocycles. The van der Waals surface area contributed by atoms with Gasteiger partial charge in [0.2, 0.25) is 0 Å². The zero-order valence-electron chi connectivity index (χ0n) is 11.3. The second-order valence-corrected chi connectivity index (χ2v) is 5.13. The Labute approximate surface area is 114 Å². The van der Waals surface area contributed by atoms with Gasteiger partial charge in [-0.2, -0.15) is 0 Å². The van der Waals surface area contributed by atoms with E-state index in [9.17, 15) is 4.79 Å². The number of nitrogens with zero attached hydrogens (tertiary/aromatic N) is 1. The number of ether oxygens (including phenoxy) is 1. The molecular weight excluding hydrogens is 242 g/mol. The van der Waals surface area contributed by atoms with Crippen molar-refractivity contribution in [2.24, 2.45) is 0 Å². The minimum atomic E-state index is -0.145. The number of rotatable bonds is 5. The van der Waals surface area contributed by atoms with E-state index in [1.807, 2.05) is 12.1 Å². The largest absolute Gasteiger partial charge is 0.508 e. The maximum Gasteiger partial charge on any atom is 0.306 e. The summed E-state index contributed by atoms with van der Waals surface area (Å²) in [4.78, 5) is 13.9. The van der Waals surface area contributed by atoms with Gasteiger partial charge >= 0.3 is 5.97 Å². The van der Waals surface area contributed by atoms with Gasteiger partial charge in [0.15, 0.2) is 0 Å². The number of aromatic hydroxyl groups is 1. The molecule has 1 N–H and O–H groups in total. The Morgan fingerprint density at radius 1 is 1.42 bits per heavy atom. The number of carbonyl (C=O) groups is 1. The average Bonchev–Trinajstić information content (AvgIpc) is 2.81. The zero-order chi connectivity index (χ0) is 13.7. The van der Waals surface area contributed by atoms with Crippen molar-refractivity contribution in [2.75, 3.05) is 20.2 Å². The molecule has 0 radical (unpaired) electrons. The number of hydrogen-bond donors (Lipinski definition) is 1. The second-order valence-electron chi connectivity index (χ2n) is 5.13. The molecule has 0 saturated carbocycles. The molecule has 1 saturated heterocycles. The van der Waals surface area contributed by atoms with Crippen molar-refractivity contribution in [3.63, 3.8) is 0 Å². The molecule has 0 aliphatic carbocycles. The molecule has 1 unspecified atom stereocenters. The molecule has 0 amide bonds. The van der Waals surface area contributed by atoms with Crippen LogP contribution >= 0.6 is 0 Å². The third-order valence-electron chi connectivity index (χ3n) is 3.66. The summed E-state index contributed by atoms with van der Waals surface area (Å²) in [6.07, 6.45) is 3.34. The normalized spacial score (nSPS) is 19.5. The number of phenolic OH excluding ortho intramolecular Hbond substituents is 1. The number of hydrogen-bond acceptors (Lipinski definition) is 4. The van der Waals surface area contributed by atoms with Crippen LogP contribution in [-0.4, -0.2) is 42.2 Å². The van der Waals surface area contributed by atoms with Gasteiger partial charge in [0.05, 0.1) is 0 Å². The fourth-order valence-corrected chi connectivity index (χ4v) is 2.36. The van der Waals surface area contributed by atoms with E-state index in [-0.39, 0.29) is 11.7 Å². The molecule has 19 heavy (non-hydrogen) atoms. The van der Waals surface area contributed by atoms with E-state index in [0.717, 1.165) is 18.5 Å². The Balaban J connectivity index is 1.68. The summed E-state index contributed by atoms with van der Waals surface area (Å²) in [7, 11) is 2.07. The topological polar surface area (TPSA) is 49.8 Å². The third-order valence-corrected chi connectivity index (χ3v) is 3.66. The zero-order valence-corrected chi connectivity index (χ0v) is 11.3. The Hall–Kier alpha value is -1.55. The van der Waals surface area contributed by atoms with E-state index < -0.39 is 0 Å². The van der Waals surface area contributed by atoms with Gasteiger partial charge in [-0.3, -0.25) is 4.79 Å². The Bertz CT molecular complexity index is 416. The summed E-state index contributed by atoms with van der Waals surface area (Å²) in [5, 5.41) is 9.17. The van der Waals surface area contributed by atoms with Gasteiger partial charge < -0.3 is 14.7 Å². The molecule has 1 aliphatic rings. The minimum absolute atomic E-state index is 0.145. The molecule has 4 heteroatoms. The molecule has 1 aromatic rings. The van der Waals surface area contributed by atoms with Crippen LogP contribution in [0.1, 0.15) is 24.8 Å². The first-order valence-corrected chi connectivity index (χ1v) is 6.79. The van der Waals surface area contributed by atoms with E-state index in [1.54, 1.807) is 12.1 Å². The molecule has 0 aromatic heterocycles. The van der Waals surface area contributed by atoms with Crippen LogP contribution in [0, 0.1) is 0 Å². The predicted molar refractivity (Wildman–Crippen MR) is 73.0 cm³/mol. The molecule has 1 heterocycles. The highest BCUT2D eigenvalue weighted by Crippen LogP contribution is 2.15. The van der Waals surface area contributed by atoms with Crippen molar-refractivity contribution in [2.45, 2.75) is 31.7 Å². The predicted octanol–water partition coefficient (Wildman–Crippen LogP) is 1.96. The standard InChI is InChI=1S/C15H21NO3/c1-16-10-2-3-13(16)11-19-15(18)9-6-12-4-7-14(17)8-5-12/h4-5,7-8,13,17H,2-3,6,9-11H2,1H3. The first-order chi connectivity index (χ1) is 9.15. The average molecular weight is 263 g/mol. The quantitative estimate of drug-likeness (QED) is 0.825. The SMILES string of the molecule is CN1CCCC1COC(=O)CCc1ccc(O)cc1. The van der Waals surface area contributed by atoms with Gasteiger partial charge in [0.1, 0.15) is 12.4 Å². The molecule has 1 aromatic carbocycles. The van der Waals surface area contributed by atoms with Crippen LogP contribution in [-0.2, 0) is 16.0 Å². The monoisotopic (exact) mass is 263 g/mol. The van der Waals surface area contributed by atoms with Gasteiger partial charge in [-0.05, 0) is 50.6 Å². The number of phenols is 1. The number of likely N-dealkylation sites (N-methyl/N-ethyl adjacent to an activating group) is 1. The highest BCUT2D eigenvalue weighted by Gasteiger charge is 2.21. The molecule has 1 atom stereocenters. The van der Waals surface area contributed by atoms with Crippen molar-refractivity contribution in [1.29, 1.82) is 0 Å². The summed E-state index contributed by atoms with van der Waals surface area (Å²) in [6, 6.07) is 7.31. The van der Waals surface area contributed by atoms with Crippen molar-refractivity contribution < 1.29 is 14.6 Å². The summed E-state index contributed by atoms with van der Waals surface area (Å²) in [5.74, 6) is 0.101. The van der Waals surface area contributed by atoms with E-state index in [0.29, 0.717) is 25.5 Å². The number of carbonyl (C=O) groups excluding carboxylic acids is 1. The van der Waals surface area contributed by atoms with Crippen LogP contribution in [0.15, 0.2) is 24.3 Å². The van der Waals surface area contributed by atoms with E-state index in [4.69, 9.17) is 9.84 Å². The fraction of sp³-hybridized carbons (Fsp3) is 0.533. The lowest BCUT2D eigenvalue weighted by Crippen LogP contribution is -2.30. The summed E-state index contributed by atoms with van der Waals surface area (Å²) in [5.41, 5.74) is 1.03.